The van der Waals surface area contributed by atoms with E-state index in [1.165, 1.54) is 12.4 Å². The number of imidazole rings is 1. The summed E-state index contributed by atoms with van der Waals surface area (Å²) < 4.78 is 45.3. The van der Waals surface area contributed by atoms with Crippen molar-refractivity contribution >= 4 is 9.84 Å². The predicted molar refractivity (Wildman–Crippen MR) is 36.6 cm³/mol. The van der Waals surface area contributed by atoms with Crippen molar-refractivity contribution in [2.24, 2.45) is 0 Å². The summed E-state index contributed by atoms with van der Waals surface area (Å²) in [6, 6.07) is 0. The molecule has 0 aromatic carbocycles. The lowest BCUT2D eigenvalue weighted by Crippen LogP contribution is -2.14. The van der Waals surface area contributed by atoms with Crippen LogP contribution in [0.3, 0.4) is 0 Å². The molecular weight excluding hydrogens is 190 g/mol. The number of aromatic amines is 1. The molecule has 1 aromatic heterocycles. The van der Waals surface area contributed by atoms with Crippen LogP contribution >= 0.6 is 0 Å². The first-order valence-electron chi connectivity index (χ1n) is 3.02. The van der Waals surface area contributed by atoms with Crippen molar-refractivity contribution in [1.29, 1.82) is 0 Å². The normalized spacial score (nSPS) is 12.2. The van der Waals surface area contributed by atoms with Crippen LogP contribution in [0.25, 0.3) is 0 Å². The number of H-pyrrole nitrogens is 1. The Morgan fingerprint density at radius 1 is 1.58 bits per heavy atom. The second kappa shape index (κ2) is 3.18. The molecule has 0 amide bonds. The topological polar surface area (TPSA) is 62.8 Å². The van der Waals surface area contributed by atoms with E-state index in [9.17, 15) is 17.2 Å². The number of sulfone groups is 1. The lowest BCUT2D eigenvalue weighted by molar-refractivity contribution is 0.174. The molecule has 0 radical (unpaired) electrons. The van der Waals surface area contributed by atoms with E-state index < -0.39 is 27.2 Å². The highest BCUT2D eigenvalue weighted by Gasteiger charge is 2.22. The average molecular weight is 196 g/mol. The van der Waals surface area contributed by atoms with E-state index in [0.29, 0.717) is 0 Å². The van der Waals surface area contributed by atoms with Gasteiger partial charge in [-0.1, -0.05) is 0 Å². The lowest BCUT2D eigenvalue weighted by Gasteiger charge is -1.97. The minimum atomic E-state index is -3.93. The van der Waals surface area contributed by atoms with E-state index >= 15 is 0 Å². The Hall–Kier alpha value is -0.980. The molecule has 68 valence electrons. The molecule has 1 aromatic rings. The van der Waals surface area contributed by atoms with Gasteiger partial charge in [0.2, 0.25) is 15.0 Å². The van der Waals surface area contributed by atoms with Crippen LogP contribution in [0.5, 0.6) is 0 Å². The van der Waals surface area contributed by atoms with Gasteiger partial charge in [-0.05, 0) is 0 Å². The van der Waals surface area contributed by atoms with Gasteiger partial charge in [0.1, 0.15) is 5.75 Å². The van der Waals surface area contributed by atoms with Gasteiger partial charge >= 0.3 is 0 Å². The highest BCUT2D eigenvalue weighted by molar-refractivity contribution is 7.91. The first-order chi connectivity index (χ1) is 5.52. The first-order valence-corrected chi connectivity index (χ1v) is 4.68. The molecule has 7 heteroatoms. The SMILES string of the molecule is O=S(=O)(CC(F)F)c1ncc[nH]1. The number of aromatic nitrogens is 2. The molecule has 0 saturated carbocycles. The van der Waals surface area contributed by atoms with E-state index in [1.54, 1.807) is 0 Å². The zero-order chi connectivity index (χ0) is 9.19. The van der Waals surface area contributed by atoms with Crippen molar-refractivity contribution in [2.45, 2.75) is 11.6 Å². The molecule has 4 nitrogen and oxygen atoms in total. The van der Waals surface area contributed by atoms with Crippen LogP contribution in [-0.2, 0) is 9.84 Å². The summed E-state index contributed by atoms with van der Waals surface area (Å²) >= 11 is 0. The summed E-state index contributed by atoms with van der Waals surface area (Å²) in [5, 5.41) is -0.414. The number of nitrogens with zero attached hydrogens (tertiary/aromatic N) is 1. The molecule has 1 N–H and O–H groups in total. The number of nitrogens with one attached hydrogen (secondary N) is 1. The third kappa shape index (κ3) is 2.00. The van der Waals surface area contributed by atoms with Gasteiger partial charge in [0.25, 0.3) is 6.43 Å². The summed E-state index contributed by atoms with van der Waals surface area (Å²) in [6.07, 6.45) is -0.420. The molecule has 0 aliphatic heterocycles. The second-order valence-corrected chi connectivity index (χ2v) is 4.02. The van der Waals surface area contributed by atoms with Crippen LogP contribution in [0.1, 0.15) is 0 Å². The number of rotatable bonds is 3. The molecular formula is C5H6F2N2O2S. The molecule has 1 heterocycles. The van der Waals surface area contributed by atoms with E-state index in [-0.39, 0.29) is 0 Å². The van der Waals surface area contributed by atoms with Crippen molar-refractivity contribution in [3.8, 4) is 0 Å². The minimum Gasteiger partial charge on any atom is -0.336 e. The fourth-order valence-corrected chi connectivity index (χ4v) is 1.62. The first kappa shape index (κ1) is 9.11. The average Bonchev–Trinajstić information content (AvgIpc) is 2.32. The Kier molecular flexibility index (Phi) is 2.41. The smallest absolute Gasteiger partial charge is 0.252 e. The summed E-state index contributed by atoms with van der Waals surface area (Å²) in [5.74, 6) is -1.19. The van der Waals surface area contributed by atoms with Crippen LogP contribution < -0.4 is 0 Å². The molecule has 0 fully saturated rings. The Morgan fingerprint density at radius 3 is 2.67 bits per heavy atom. The van der Waals surface area contributed by atoms with Gasteiger partial charge in [0.15, 0.2) is 0 Å². The molecule has 0 saturated heterocycles. The fourth-order valence-electron chi connectivity index (χ4n) is 0.666. The monoisotopic (exact) mass is 196 g/mol. The molecule has 0 spiro atoms. The van der Waals surface area contributed by atoms with Gasteiger partial charge in [-0.2, -0.15) is 0 Å². The minimum absolute atomic E-state index is 0.414. The van der Waals surface area contributed by atoms with E-state index in [0.717, 1.165) is 0 Å². The zero-order valence-electron chi connectivity index (χ0n) is 5.87. The zero-order valence-corrected chi connectivity index (χ0v) is 6.68. The molecule has 12 heavy (non-hydrogen) atoms. The maximum atomic E-state index is 11.7. The number of hydrogen-bond acceptors (Lipinski definition) is 3. The quantitative estimate of drug-likeness (QED) is 0.763. The number of hydrogen-bond donors (Lipinski definition) is 1. The second-order valence-electron chi connectivity index (χ2n) is 2.07. The third-order valence-corrected chi connectivity index (χ3v) is 2.62. The van der Waals surface area contributed by atoms with Crippen molar-refractivity contribution in [3.05, 3.63) is 12.4 Å². The van der Waals surface area contributed by atoms with Crippen molar-refractivity contribution in [2.75, 3.05) is 5.75 Å². The maximum absolute atomic E-state index is 11.7. The Bertz CT molecular complexity index is 332. The van der Waals surface area contributed by atoms with Gasteiger partial charge in [-0.25, -0.2) is 22.2 Å². The molecule has 0 atom stereocenters. The van der Waals surface area contributed by atoms with Crippen LogP contribution in [0.4, 0.5) is 8.78 Å². The number of halogens is 2. The summed E-state index contributed by atoms with van der Waals surface area (Å²) in [5.41, 5.74) is 0. The van der Waals surface area contributed by atoms with Gasteiger partial charge < -0.3 is 4.98 Å². The van der Waals surface area contributed by atoms with Crippen LogP contribution in [0.2, 0.25) is 0 Å². The molecule has 1 rings (SSSR count). The van der Waals surface area contributed by atoms with Gasteiger partial charge in [-0.3, -0.25) is 0 Å². The summed E-state index contributed by atoms with van der Waals surface area (Å²) in [7, 11) is -3.93. The molecule has 0 aliphatic rings. The Balaban J connectivity index is 2.88. The van der Waals surface area contributed by atoms with Crippen LogP contribution in [0, 0.1) is 0 Å². The van der Waals surface area contributed by atoms with Crippen molar-refractivity contribution in [3.63, 3.8) is 0 Å². The summed E-state index contributed by atoms with van der Waals surface area (Å²) in [4.78, 5) is 5.61. The lowest BCUT2D eigenvalue weighted by atomic mass is 10.9. The van der Waals surface area contributed by atoms with Crippen LogP contribution in [-0.4, -0.2) is 30.6 Å². The van der Waals surface area contributed by atoms with E-state index in [1.807, 2.05) is 0 Å². The highest BCUT2D eigenvalue weighted by atomic mass is 32.2. The predicted octanol–water partition coefficient (Wildman–Crippen LogP) is 0.448. The molecule has 0 bridgehead atoms. The molecule has 0 aliphatic carbocycles. The Labute approximate surface area is 67.5 Å². The van der Waals surface area contributed by atoms with E-state index in [2.05, 4.69) is 9.97 Å². The fraction of sp³-hybridized carbons (Fsp3) is 0.400. The molecule has 0 unspecified atom stereocenters. The van der Waals surface area contributed by atoms with Crippen molar-refractivity contribution < 1.29 is 17.2 Å². The van der Waals surface area contributed by atoms with Gasteiger partial charge in [0.05, 0.1) is 0 Å². The van der Waals surface area contributed by atoms with Crippen molar-refractivity contribution in [1.82, 2.24) is 9.97 Å². The van der Waals surface area contributed by atoms with Crippen LogP contribution in [0.15, 0.2) is 17.6 Å². The number of alkyl halides is 2. The Morgan fingerprint density at radius 2 is 2.25 bits per heavy atom. The van der Waals surface area contributed by atoms with E-state index in [4.69, 9.17) is 0 Å². The third-order valence-electron chi connectivity index (χ3n) is 1.11. The van der Waals surface area contributed by atoms with Gasteiger partial charge in [-0.15, -0.1) is 0 Å². The summed E-state index contributed by atoms with van der Waals surface area (Å²) in [6.45, 7) is 0. The highest BCUT2D eigenvalue weighted by Crippen LogP contribution is 2.07. The standard InChI is InChI=1S/C5H6F2N2O2S/c6-4(7)3-12(10,11)5-8-1-2-9-5/h1-2,4H,3H2,(H,8,9). The maximum Gasteiger partial charge on any atom is 0.252 e. The largest absolute Gasteiger partial charge is 0.336 e. The van der Waals surface area contributed by atoms with Gasteiger partial charge in [0, 0.05) is 12.4 Å².